The summed E-state index contributed by atoms with van der Waals surface area (Å²) < 4.78 is 0. The predicted molar refractivity (Wildman–Crippen MR) is 48.3 cm³/mol. The lowest BCUT2D eigenvalue weighted by molar-refractivity contribution is -0.134. The van der Waals surface area contributed by atoms with Gasteiger partial charge in [0.2, 0.25) is 6.08 Å². The number of isocyanates is 1. The maximum absolute atomic E-state index is 9.78. The highest BCUT2D eigenvalue weighted by Crippen LogP contribution is 2.19. The van der Waals surface area contributed by atoms with E-state index in [4.69, 9.17) is 9.90 Å². The average Bonchev–Trinajstić information content (AvgIpc) is 2.06. The molecule has 0 heterocycles. The molecule has 1 rings (SSSR count). The van der Waals surface area contributed by atoms with Crippen molar-refractivity contribution in [1.82, 2.24) is 0 Å². The van der Waals surface area contributed by atoms with Crippen LogP contribution in [0.1, 0.15) is 39.0 Å². The standard InChI is InChI=1S/C7H11NO.C2H4O2/c9-6-8-7-4-2-1-3-5-7;1-2(3)4/h7H,1-5H2;1H3,(H,3,4). The number of carboxylic acid groups (broad SMARTS) is 1. The normalized spacial score (nSPS) is 16.4. The van der Waals surface area contributed by atoms with Crippen molar-refractivity contribution in [1.29, 1.82) is 0 Å². The van der Waals surface area contributed by atoms with Gasteiger partial charge in [-0.1, -0.05) is 19.3 Å². The minimum Gasteiger partial charge on any atom is -0.481 e. The van der Waals surface area contributed by atoms with E-state index in [1.54, 1.807) is 6.08 Å². The first kappa shape index (κ1) is 11.8. The van der Waals surface area contributed by atoms with Crippen molar-refractivity contribution in [2.75, 3.05) is 0 Å². The summed E-state index contributed by atoms with van der Waals surface area (Å²) in [6, 6.07) is 0.302. The zero-order chi connectivity index (χ0) is 10.1. The van der Waals surface area contributed by atoms with Gasteiger partial charge in [0.25, 0.3) is 5.97 Å². The molecule has 0 amide bonds. The second-order valence-corrected chi connectivity index (χ2v) is 3.03. The number of hydrogen-bond acceptors (Lipinski definition) is 3. The fourth-order valence-electron chi connectivity index (χ4n) is 1.28. The summed E-state index contributed by atoms with van der Waals surface area (Å²) in [5.41, 5.74) is 0. The largest absolute Gasteiger partial charge is 0.481 e. The second-order valence-electron chi connectivity index (χ2n) is 3.03. The number of hydrogen-bond donors (Lipinski definition) is 1. The van der Waals surface area contributed by atoms with Gasteiger partial charge in [-0.3, -0.25) is 4.79 Å². The number of aliphatic imine (C=N–C) groups is 1. The van der Waals surface area contributed by atoms with Crippen molar-refractivity contribution >= 4 is 12.0 Å². The molecule has 0 aromatic carbocycles. The average molecular weight is 185 g/mol. The number of carbonyl (C=O) groups is 1. The van der Waals surface area contributed by atoms with Crippen LogP contribution >= 0.6 is 0 Å². The Morgan fingerprint density at radius 3 is 2.23 bits per heavy atom. The molecule has 0 radical (unpaired) electrons. The van der Waals surface area contributed by atoms with E-state index in [1.165, 1.54) is 19.3 Å². The summed E-state index contributed by atoms with van der Waals surface area (Å²) in [5, 5.41) is 7.42. The van der Waals surface area contributed by atoms with E-state index in [-0.39, 0.29) is 0 Å². The number of aliphatic carboxylic acids is 1. The minimum absolute atomic E-state index is 0.302. The van der Waals surface area contributed by atoms with Crippen molar-refractivity contribution in [2.24, 2.45) is 4.99 Å². The predicted octanol–water partition coefficient (Wildman–Crippen LogP) is 1.75. The van der Waals surface area contributed by atoms with Crippen LogP contribution in [0.5, 0.6) is 0 Å². The molecule has 4 nitrogen and oxygen atoms in total. The lowest BCUT2D eigenvalue weighted by atomic mass is 9.96. The fourth-order valence-corrected chi connectivity index (χ4v) is 1.28. The van der Waals surface area contributed by atoms with Crippen LogP contribution in [0.25, 0.3) is 0 Å². The molecular formula is C9H15NO3. The van der Waals surface area contributed by atoms with Crippen molar-refractivity contribution in [3.63, 3.8) is 0 Å². The molecule has 0 spiro atoms. The van der Waals surface area contributed by atoms with Gasteiger partial charge in [0.15, 0.2) is 0 Å². The minimum atomic E-state index is -0.833. The van der Waals surface area contributed by atoms with Crippen LogP contribution in [0.4, 0.5) is 0 Å². The first-order valence-corrected chi connectivity index (χ1v) is 4.43. The van der Waals surface area contributed by atoms with Crippen LogP contribution in [0.2, 0.25) is 0 Å². The molecule has 0 unspecified atom stereocenters. The topological polar surface area (TPSA) is 66.7 Å². The van der Waals surface area contributed by atoms with Gasteiger partial charge in [0.1, 0.15) is 0 Å². The molecular weight excluding hydrogens is 170 g/mol. The van der Waals surface area contributed by atoms with Crippen LogP contribution in [-0.4, -0.2) is 23.2 Å². The highest BCUT2D eigenvalue weighted by atomic mass is 16.4. The zero-order valence-electron chi connectivity index (χ0n) is 7.82. The summed E-state index contributed by atoms with van der Waals surface area (Å²) in [4.78, 5) is 22.5. The smallest absolute Gasteiger partial charge is 0.300 e. The Morgan fingerprint density at radius 1 is 1.38 bits per heavy atom. The zero-order valence-corrected chi connectivity index (χ0v) is 7.82. The molecule has 13 heavy (non-hydrogen) atoms. The summed E-state index contributed by atoms with van der Waals surface area (Å²) in [6.45, 7) is 1.08. The van der Waals surface area contributed by atoms with Crippen LogP contribution in [-0.2, 0) is 9.59 Å². The molecule has 0 atom stereocenters. The number of rotatable bonds is 1. The first-order valence-electron chi connectivity index (χ1n) is 4.43. The Hall–Kier alpha value is -1.15. The third kappa shape index (κ3) is 8.76. The van der Waals surface area contributed by atoms with E-state index in [0.717, 1.165) is 19.8 Å². The quantitative estimate of drug-likeness (QED) is 0.500. The highest BCUT2D eigenvalue weighted by molar-refractivity contribution is 5.62. The van der Waals surface area contributed by atoms with Gasteiger partial charge >= 0.3 is 0 Å². The molecule has 4 heteroatoms. The van der Waals surface area contributed by atoms with Gasteiger partial charge in [0, 0.05) is 6.92 Å². The van der Waals surface area contributed by atoms with E-state index in [1.807, 2.05) is 0 Å². The van der Waals surface area contributed by atoms with Crippen molar-refractivity contribution in [3.05, 3.63) is 0 Å². The number of carbonyl (C=O) groups excluding carboxylic acids is 1. The van der Waals surface area contributed by atoms with Gasteiger partial charge in [-0.25, -0.2) is 9.79 Å². The Labute approximate surface area is 77.7 Å². The van der Waals surface area contributed by atoms with E-state index >= 15 is 0 Å². The molecule has 1 aliphatic carbocycles. The highest BCUT2D eigenvalue weighted by Gasteiger charge is 2.10. The van der Waals surface area contributed by atoms with E-state index in [9.17, 15) is 4.79 Å². The Kier molecular flexibility index (Phi) is 6.83. The molecule has 0 bridgehead atoms. The molecule has 74 valence electrons. The Balaban J connectivity index is 0.000000310. The Bertz CT molecular complexity index is 187. The summed E-state index contributed by atoms with van der Waals surface area (Å²) in [6.07, 6.45) is 7.57. The van der Waals surface area contributed by atoms with E-state index in [0.29, 0.717) is 6.04 Å². The van der Waals surface area contributed by atoms with Gasteiger partial charge in [-0.05, 0) is 12.8 Å². The van der Waals surface area contributed by atoms with Crippen molar-refractivity contribution in [3.8, 4) is 0 Å². The van der Waals surface area contributed by atoms with Crippen LogP contribution in [0.15, 0.2) is 4.99 Å². The van der Waals surface area contributed by atoms with Crippen molar-refractivity contribution < 1.29 is 14.7 Å². The van der Waals surface area contributed by atoms with Crippen LogP contribution in [0, 0.1) is 0 Å². The molecule has 0 aliphatic heterocycles. The Morgan fingerprint density at radius 2 is 1.85 bits per heavy atom. The summed E-state index contributed by atoms with van der Waals surface area (Å²) in [5.74, 6) is -0.833. The number of nitrogens with zero attached hydrogens (tertiary/aromatic N) is 1. The fraction of sp³-hybridized carbons (Fsp3) is 0.778. The second kappa shape index (κ2) is 7.50. The van der Waals surface area contributed by atoms with Crippen LogP contribution in [0.3, 0.4) is 0 Å². The SMILES string of the molecule is CC(=O)O.O=C=NC1CCCCC1. The first-order chi connectivity index (χ1) is 6.16. The monoisotopic (exact) mass is 185 g/mol. The van der Waals surface area contributed by atoms with Crippen LogP contribution < -0.4 is 0 Å². The lowest BCUT2D eigenvalue weighted by Gasteiger charge is -2.14. The third-order valence-electron chi connectivity index (χ3n) is 1.81. The van der Waals surface area contributed by atoms with Gasteiger partial charge in [-0.15, -0.1) is 0 Å². The lowest BCUT2D eigenvalue weighted by Crippen LogP contribution is -2.08. The van der Waals surface area contributed by atoms with Gasteiger partial charge < -0.3 is 5.11 Å². The molecule has 1 fully saturated rings. The summed E-state index contributed by atoms with van der Waals surface area (Å²) in [7, 11) is 0. The maximum Gasteiger partial charge on any atom is 0.300 e. The maximum atomic E-state index is 9.78. The van der Waals surface area contributed by atoms with Gasteiger partial charge in [-0.2, -0.15) is 0 Å². The van der Waals surface area contributed by atoms with E-state index in [2.05, 4.69) is 4.99 Å². The number of carboxylic acids is 1. The van der Waals surface area contributed by atoms with E-state index < -0.39 is 5.97 Å². The van der Waals surface area contributed by atoms with Gasteiger partial charge in [0.05, 0.1) is 6.04 Å². The molecule has 1 saturated carbocycles. The molecule has 0 saturated heterocycles. The molecule has 0 aromatic rings. The summed E-state index contributed by atoms with van der Waals surface area (Å²) >= 11 is 0. The molecule has 1 aliphatic rings. The van der Waals surface area contributed by atoms with Crippen molar-refractivity contribution in [2.45, 2.75) is 45.1 Å². The molecule has 0 aromatic heterocycles. The third-order valence-corrected chi connectivity index (χ3v) is 1.81. The molecule has 1 N–H and O–H groups in total.